The minimum absolute atomic E-state index is 0.0752. The average molecular weight is 383 g/mol. The van der Waals surface area contributed by atoms with E-state index in [1.807, 2.05) is 11.4 Å². The number of rotatable bonds is 8. The molecule has 0 bridgehead atoms. The number of likely N-dealkylation sites (N-methyl/N-ethyl adjacent to an activating group) is 1. The van der Waals surface area contributed by atoms with Crippen molar-refractivity contribution in [3.05, 3.63) is 69.6 Å². The Bertz CT molecular complexity index is 909. The number of nitro benzene ring substituents is 1. The van der Waals surface area contributed by atoms with Gasteiger partial charge in [-0.25, -0.2) is 4.98 Å². The zero-order valence-electron chi connectivity index (χ0n) is 15.3. The van der Waals surface area contributed by atoms with Gasteiger partial charge in [0, 0.05) is 48.8 Å². The fraction of sp³-hybridized carbons (Fsp3) is 0.250. The van der Waals surface area contributed by atoms with Gasteiger partial charge in [-0.15, -0.1) is 11.3 Å². The second-order valence-electron chi connectivity index (χ2n) is 6.27. The molecule has 0 saturated carbocycles. The van der Waals surface area contributed by atoms with Crippen molar-refractivity contribution in [3.63, 3.8) is 0 Å². The highest BCUT2D eigenvalue weighted by atomic mass is 32.1. The van der Waals surface area contributed by atoms with Crippen molar-refractivity contribution in [2.75, 3.05) is 27.3 Å². The van der Waals surface area contributed by atoms with Gasteiger partial charge in [-0.1, -0.05) is 36.4 Å². The highest BCUT2D eigenvalue weighted by Crippen LogP contribution is 2.30. The third-order valence-corrected chi connectivity index (χ3v) is 5.08. The molecule has 3 rings (SSSR count). The van der Waals surface area contributed by atoms with Gasteiger partial charge in [0.15, 0.2) is 0 Å². The van der Waals surface area contributed by atoms with Crippen molar-refractivity contribution in [2.45, 2.75) is 6.54 Å². The van der Waals surface area contributed by atoms with Crippen LogP contribution in [0.5, 0.6) is 0 Å². The van der Waals surface area contributed by atoms with Gasteiger partial charge in [-0.05, 0) is 12.6 Å². The topological polar surface area (TPSA) is 68.5 Å². The summed E-state index contributed by atoms with van der Waals surface area (Å²) in [6, 6.07) is 14.9. The number of non-ortho nitro benzene ring substituents is 1. The lowest BCUT2D eigenvalue weighted by atomic mass is 10.1. The summed E-state index contributed by atoms with van der Waals surface area (Å²) in [6.45, 7) is 2.46. The Morgan fingerprint density at radius 2 is 1.96 bits per heavy atom. The smallest absolute Gasteiger partial charge is 0.270 e. The summed E-state index contributed by atoms with van der Waals surface area (Å²) < 4.78 is 5.10. The summed E-state index contributed by atoms with van der Waals surface area (Å²) in [4.78, 5) is 17.4. The number of benzene rings is 2. The number of nitrogens with zero attached hydrogens (tertiary/aromatic N) is 3. The van der Waals surface area contributed by atoms with E-state index < -0.39 is 0 Å². The Kier molecular flexibility index (Phi) is 6.28. The Hall–Kier alpha value is -2.61. The zero-order chi connectivity index (χ0) is 19.2. The second-order valence-corrected chi connectivity index (χ2v) is 7.13. The minimum atomic E-state index is -0.388. The van der Waals surface area contributed by atoms with Crippen molar-refractivity contribution >= 4 is 17.0 Å². The largest absolute Gasteiger partial charge is 0.383 e. The molecule has 0 saturated heterocycles. The van der Waals surface area contributed by atoms with Crippen molar-refractivity contribution < 1.29 is 9.66 Å². The first-order chi connectivity index (χ1) is 13.1. The number of thiazole rings is 1. The maximum Gasteiger partial charge on any atom is 0.270 e. The summed E-state index contributed by atoms with van der Waals surface area (Å²) in [6.07, 6.45) is 0. The predicted molar refractivity (Wildman–Crippen MR) is 108 cm³/mol. The number of nitro groups is 1. The van der Waals surface area contributed by atoms with Gasteiger partial charge in [0.25, 0.3) is 5.69 Å². The third-order valence-electron chi connectivity index (χ3n) is 4.19. The first-order valence-corrected chi connectivity index (χ1v) is 9.42. The van der Waals surface area contributed by atoms with Crippen LogP contribution in [0, 0.1) is 10.1 Å². The standard InChI is InChI=1S/C20H21N3O3S/c1-22(10-11-26-2)13-15-6-8-16(9-7-15)19-14-27-20(21-19)17-4-3-5-18(12-17)23(24)25/h3-9,12,14H,10-11,13H2,1-2H3. The van der Waals surface area contributed by atoms with Crippen LogP contribution < -0.4 is 0 Å². The average Bonchev–Trinajstić information content (AvgIpc) is 3.17. The molecule has 1 aromatic heterocycles. The van der Waals surface area contributed by atoms with Crippen LogP contribution in [0.25, 0.3) is 21.8 Å². The molecule has 0 aliphatic heterocycles. The maximum atomic E-state index is 11.0. The molecule has 27 heavy (non-hydrogen) atoms. The van der Waals surface area contributed by atoms with E-state index >= 15 is 0 Å². The quantitative estimate of drug-likeness (QED) is 0.424. The summed E-state index contributed by atoms with van der Waals surface area (Å²) in [5.41, 5.74) is 3.97. The Labute approximate surface area is 162 Å². The lowest BCUT2D eigenvalue weighted by Crippen LogP contribution is -2.22. The van der Waals surface area contributed by atoms with Gasteiger partial charge in [-0.2, -0.15) is 0 Å². The Morgan fingerprint density at radius 1 is 1.19 bits per heavy atom. The molecule has 1 heterocycles. The Morgan fingerprint density at radius 3 is 2.67 bits per heavy atom. The van der Waals surface area contributed by atoms with Gasteiger partial charge in [0.05, 0.1) is 17.2 Å². The van der Waals surface area contributed by atoms with Gasteiger partial charge in [0.2, 0.25) is 0 Å². The van der Waals surface area contributed by atoms with Crippen LogP contribution in [0.3, 0.4) is 0 Å². The van der Waals surface area contributed by atoms with Crippen LogP contribution in [-0.2, 0) is 11.3 Å². The molecule has 140 valence electrons. The molecule has 3 aromatic rings. The minimum Gasteiger partial charge on any atom is -0.383 e. The SMILES string of the molecule is COCCN(C)Cc1ccc(-c2csc(-c3cccc([N+](=O)[O-])c3)n2)cc1. The van der Waals surface area contributed by atoms with Crippen LogP contribution in [0.1, 0.15) is 5.56 Å². The van der Waals surface area contributed by atoms with Crippen LogP contribution in [0.4, 0.5) is 5.69 Å². The molecule has 0 unspecified atom stereocenters. The van der Waals surface area contributed by atoms with Crippen LogP contribution >= 0.6 is 11.3 Å². The maximum absolute atomic E-state index is 11.0. The summed E-state index contributed by atoms with van der Waals surface area (Å²) in [5, 5.41) is 13.7. The van der Waals surface area contributed by atoms with Crippen molar-refractivity contribution in [1.29, 1.82) is 0 Å². The number of hydrogen-bond acceptors (Lipinski definition) is 6. The molecule has 6 nitrogen and oxygen atoms in total. The molecule has 0 N–H and O–H groups in total. The number of methoxy groups -OCH3 is 1. The van der Waals surface area contributed by atoms with Gasteiger partial charge in [0.1, 0.15) is 5.01 Å². The summed E-state index contributed by atoms with van der Waals surface area (Å²) in [5.74, 6) is 0. The molecule has 0 amide bonds. The van der Waals surface area contributed by atoms with Crippen molar-refractivity contribution in [1.82, 2.24) is 9.88 Å². The predicted octanol–water partition coefficient (Wildman–Crippen LogP) is 4.46. The van der Waals surface area contributed by atoms with Gasteiger partial charge < -0.3 is 4.74 Å². The fourth-order valence-corrected chi connectivity index (χ4v) is 3.54. The third kappa shape index (κ3) is 4.97. The molecular formula is C20H21N3O3S. The fourth-order valence-electron chi connectivity index (χ4n) is 2.71. The lowest BCUT2D eigenvalue weighted by molar-refractivity contribution is -0.384. The molecule has 0 aliphatic rings. The van der Waals surface area contributed by atoms with E-state index in [4.69, 9.17) is 4.74 Å². The Balaban J connectivity index is 1.73. The van der Waals surface area contributed by atoms with Crippen molar-refractivity contribution in [3.8, 4) is 21.8 Å². The number of aromatic nitrogens is 1. The highest BCUT2D eigenvalue weighted by molar-refractivity contribution is 7.13. The van der Waals surface area contributed by atoms with Gasteiger partial charge >= 0.3 is 0 Å². The molecule has 2 aromatic carbocycles. The van der Waals surface area contributed by atoms with E-state index in [-0.39, 0.29) is 10.6 Å². The molecule has 7 heteroatoms. The molecule has 0 fully saturated rings. The van der Waals surface area contributed by atoms with E-state index in [2.05, 4.69) is 41.2 Å². The van der Waals surface area contributed by atoms with Crippen LogP contribution in [0.2, 0.25) is 0 Å². The first-order valence-electron chi connectivity index (χ1n) is 8.54. The molecule has 0 aliphatic carbocycles. The molecule has 0 radical (unpaired) electrons. The van der Waals surface area contributed by atoms with E-state index in [1.54, 1.807) is 19.2 Å². The van der Waals surface area contributed by atoms with Gasteiger partial charge in [-0.3, -0.25) is 15.0 Å². The first kappa shape index (κ1) is 19.2. The molecular weight excluding hydrogens is 362 g/mol. The molecule has 0 spiro atoms. The highest BCUT2D eigenvalue weighted by Gasteiger charge is 2.11. The normalized spacial score (nSPS) is 11.1. The lowest BCUT2D eigenvalue weighted by Gasteiger charge is -2.16. The van der Waals surface area contributed by atoms with Crippen molar-refractivity contribution in [2.24, 2.45) is 0 Å². The summed E-state index contributed by atoms with van der Waals surface area (Å²) >= 11 is 1.49. The zero-order valence-corrected chi connectivity index (χ0v) is 16.1. The van der Waals surface area contributed by atoms with Crippen LogP contribution in [0.15, 0.2) is 53.9 Å². The van der Waals surface area contributed by atoms with E-state index in [9.17, 15) is 10.1 Å². The van der Waals surface area contributed by atoms with Crippen LogP contribution in [-0.4, -0.2) is 42.1 Å². The van der Waals surface area contributed by atoms with E-state index in [0.717, 1.165) is 34.9 Å². The second kappa shape index (κ2) is 8.85. The number of hydrogen-bond donors (Lipinski definition) is 0. The molecule has 0 atom stereocenters. The monoisotopic (exact) mass is 383 g/mol. The summed E-state index contributed by atoms with van der Waals surface area (Å²) in [7, 11) is 3.77. The number of ether oxygens (including phenoxy) is 1. The van der Waals surface area contributed by atoms with E-state index in [0.29, 0.717) is 6.61 Å². The van der Waals surface area contributed by atoms with E-state index in [1.165, 1.54) is 23.0 Å².